The topological polar surface area (TPSA) is 50.6 Å². The van der Waals surface area contributed by atoms with Gasteiger partial charge in [0.25, 0.3) is 0 Å². The van der Waals surface area contributed by atoms with Crippen LogP contribution < -0.4 is 9.75 Å². The molecule has 4 rings (SSSR count). The first kappa shape index (κ1) is 19.3. The molecule has 0 unspecified atom stereocenters. The smallest absolute Gasteiger partial charge is 0.247 e. The summed E-state index contributed by atoms with van der Waals surface area (Å²) >= 11 is 0. The van der Waals surface area contributed by atoms with Gasteiger partial charge in [0.2, 0.25) is 5.95 Å². The fraction of sp³-hybridized carbons (Fsp3) is 0.0800. The van der Waals surface area contributed by atoms with E-state index in [-0.39, 0.29) is 0 Å². The molecule has 0 spiro atoms. The molecule has 0 atom stereocenters. The average Bonchev–Trinajstić information content (AvgIpc) is 2.83. The summed E-state index contributed by atoms with van der Waals surface area (Å²) in [6, 6.07) is 29.9. The summed E-state index contributed by atoms with van der Waals surface area (Å²) in [6.07, 6.45) is 1.78. The highest BCUT2D eigenvalue weighted by Crippen LogP contribution is 2.26. The van der Waals surface area contributed by atoms with Gasteiger partial charge < -0.3 is 4.74 Å². The average molecular weight is 394 g/mol. The summed E-state index contributed by atoms with van der Waals surface area (Å²) in [7, 11) is 3.50. The molecule has 1 heterocycles. The lowest BCUT2D eigenvalue weighted by atomic mass is 10.1. The standard InChI is InChI=1S/C25H22N4O/c1-29(26-18-19-13-15-22(30-2)16-14-19)25-27-23(20-9-5-3-6-10-20)17-24(28-25)21-11-7-4-8-12-21/h3-18H,1-2H3. The highest BCUT2D eigenvalue weighted by atomic mass is 16.5. The summed E-state index contributed by atoms with van der Waals surface area (Å²) in [5.41, 5.74) is 4.73. The SMILES string of the molecule is COc1ccc(C=NN(C)c2nc(-c3ccccc3)cc(-c3ccccc3)n2)cc1. The largest absolute Gasteiger partial charge is 0.497 e. The van der Waals surface area contributed by atoms with Crippen molar-refractivity contribution < 1.29 is 4.74 Å². The van der Waals surface area contributed by atoms with E-state index in [1.807, 2.05) is 98.0 Å². The molecule has 0 aliphatic rings. The first-order valence-corrected chi connectivity index (χ1v) is 9.64. The minimum atomic E-state index is 0.528. The van der Waals surface area contributed by atoms with Crippen LogP contribution >= 0.6 is 0 Å². The normalized spacial score (nSPS) is 10.9. The number of anilines is 1. The predicted octanol–water partition coefficient (Wildman–Crippen LogP) is 5.29. The van der Waals surface area contributed by atoms with Crippen LogP contribution in [0.15, 0.2) is 96.1 Å². The molecule has 0 bridgehead atoms. The second kappa shape index (κ2) is 9.01. The molecular weight excluding hydrogens is 372 g/mol. The number of rotatable bonds is 6. The van der Waals surface area contributed by atoms with E-state index in [1.54, 1.807) is 18.3 Å². The van der Waals surface area contributed by atoms with E-state index in [0.29, 0.717) is 5.95 Å². The van der Waals surface area contributed by atoms with Crippen molar-refractivity contribution in [2.24, 2.45) is 5.10 Å². The van der Waals surface area contributed by atoms with Gasteiger partial charge in [0, 0.05) is 18.2 Å². The van der Waals surface area contributed by atoms with Crippen molar-refractivity contribution in [1.29, 1.82) is 0 Å². The number of benzene rings is 3. The van der Waals surface area contributed by atoms with E-state index in [2.05, 4.69) is 5.10 Å². The minimum absolute atomic E-state index is 0.528. The molecule has 0 amide bonds. The van der Waals surface area contributed by atoms with Crippen LogP contribution in [0.4, 0.5) is 5.95 Å². The van der Waals surface area contributed by atoms with E-state index in [1.165, 1.54) is 0 Å². The van der Waals surface area contributed by atoms with Crippen LogP contribution in [0.1, 0.15) is 5.56 Å². The first-order chi connectivity index (χ1) is 14.7. The summed E-state index contributed by atoms with van der Waals surface area (Å²) in [5, 5.41) is 6.22. The summed E-state index contributed by atoms with van der Waals surface area (Å²) in [6.45, 7) is 0. The predicted molar refractivity (Wildman–Crippen MR) is 122 cm³/mol. The maximum absolute atomic E-state index is 5.20. The van der Waals surface area contributed by atoms with Gasteiger partial charge in [-0.25, -0.2) is 15.0 Å². The summed E-state index contributed by atoms with van der Waals surface area (Å²) in [5.74, 6) is 1.34. The molecule has 0 radical (unpaired) electrons. The number of ether oxygens (including phenoxy) is 1. The molecule has 30 heavy (non-hydrogen) atoms. The zero-order chi connectivity index (χ0) is 20.8. The number of methoxy groups -OCH3 is 1. The number of nitrogens with zero attached hydrogens (tertiary/aromatic N) is 4. The molecule has 0 aliphatic carbocycles. The van der Waals surface area contributed by atoms with Gasteiger partial charge in [-0.1, -0.05) is 60.7 Å². The maximum Gasteiger partial charge on any atom is 0.247 e. The van der Waals surface area contributed by atoms with Crippen LogP contribution in [0.25, 0.3) is 22.5 Å². The zero-order valence-electron chi connectivity index (χ0n) is 16.9. The van der Waals surface area contributed by atoms with Gasteiger partial charge in [0.15, 0.2) is 0 Å². The number of hydrogen-bond donors (Lipinski definition) is 0. The Balaban J connectivity index is 1.69. The second-order valence-corrected chi connectivity index (χ2v) is 6.71. The van der Waals surface area contributed by atoms with Gasteiger partial charge in [-0.15, -0.1) is 0 Å². The molecule has 148 valence electrons. The van der Waals surface area contributed by atoms with Crippen molar-refractivity contribution in [3.63, 3.8) is 0 Å². The van der Waals surface area contributed by atoms with Crippen molar-refractivity contribution in [2.75, 3.05) is 19.2 Å². The highest BCUT2D eigenvalue weighted by Gasteiger charge is 2.11. The van der Waals surface area contributed by atoms with Crippen molar-refractivity contribution in [3.05, 3.63) is 96.6 Å². The third-order valence-corrected chi connectivity index (χ3v) is 4.64. The molecule has 5 nitrogen and oxygen atoms in total. The Morgan fingerprint density at radius 1 is 0.767 bits per heavy atom. The van der Waals surface area contributed by atoms with Crippen LogP contribution in [0.3, 0.4) is 0 Å². The Hall–Kier alpha value is -3.99. The van der Waals surface area contributed by atoms with E-state index in [4.69, 9.17) is 14.7 Å². The summed E-state index contributed by atoms with van der Waals surface area (Å²) < 4.78 is 5.20. The quantitative estimate of drug-likeness (QED) is 0.329. The Bertz CT molecular complexity index is 1070. The van der Waals surface area contributed by atoms with Crippen LogP contribution in [0, 0.1) is 0 Å². The molecule has 0 saturated carbocycles. The first-order valence-electron chi connectivity index (χ1n) is 9.64. The number of hydrogen-bond acceptors (Lipinski definition) is 5. The molecule has 5 heteroatoms. The van der Waals surface area contributed by atoms with Crippen LogP contribution in [-0.4, -0.2) is 30.3 Å². The molecular formula is C25H22N4O. The van der Waals surface area contributed by atoms with Gasteiger partial charge in [0.1, 0.15) is 5.75 Å². The van der Waals surface area contributed by atoms with E-state index in [9.17, 15) is 0 Å². The van der Waals surface area contributed by atoms with E-state index < -0.39 is 0 Å². The van der Waals surface area contributed by atoms with Gasteiger partial charge in [0.05, 0.1) is 24.7 Å². The Kier molecular flexibility index (Phi) is 5.80. The third kappa shape index (κ3) is 4.52. The Labute approximate surface area is 176 Å². The molecule has 0 aliphatic heterocycles. The number of hydrazone groups is 1. The Morgan fingerprint density at radius 3 is 1.80 bits per heavy atom. The van der Waals surface area contributed by atoms with E-state index in [0.717, 1.165) is 33.8 Å². The highest BCUT2D eigenvalue weighted by molar-refractivity contribution is 5.80. The van der Waals surface area contributed by atoms with Crippen molar-refractivity contribution in [1.82, 2.24) is 9.97 Å². The molecule has 0 N–H and O–H groups in total. The summed E-state index contributed by atoms with van der Waals surface area (Å²) in [4.78, 5) is 9.50. The minimum Gasteiger partial charge on any atom is -0.497 e. The van der Waals surface area contributed by atoms with Gasteiger partial charge in [-0.05, 0) is 35.9 Å². The molecule has 4 aromatic rings. The van der Waals surface area contributed by atoms with Crippen molar-refractivity contribution >= 4 is 12.2 Å². The zero-order valence-corrected chi connectivity index (χ0v) is 16.9. The maximum atomic E-state index is 5.20. The molecule has 1 aromatic heterocycles. The van der Waals surface area contributed by atoms with Gasteiger partial charge in [-0.2, -0.15) is 5.10 Å². The van der Waals surface area contributed by atoms with E-state index >= 15 is 0 Å². The number of aromatic nitrogens is 2. The lowest BCUT2D eigenvalue weighted by Gasteiger charge is -2.14. The second-order valence-electron chi connectivity index (χ2n) is 6.71. The van der Waals surface area contributed by atoms with Gasteiger partial charge in [-0.3, -0.25) is 0 Å². The monoisotopic (exact) mass is 394 g/mol. The van der Waals surface area contributed by atoms with Crippen LogP contribution in [0.2, 0.25) is 0 Å². The molecule has 0 saturated heterocycles. The van der Waals surface area contributed by atoms with Crippen LogP contribution in [-0.2, 0) is 0 Å². The fourth-order valence-corrected chi connectivity index (χ4v) is 2.99. The Morgan fingerprint density at radius 2 is 1.30 bits per heavy atom. The fourth-order valence-electron chi connectivity index (χ4n) is 2.99. The van der Waals surface area contributed by atoms with Gasteiger partial charge >= 0.3 is 0 Å². The third-order valence-electron chi connectivity index (χ3n) is 4.64. The lowest BCUT2D eigenvalue weighted by Crippen LogP contribution is -2.13. The molecule has 0 fully saturated rings. The lowest BCUT2D eigenvalue weighted by molar-refractivity contribution is 0.415. The van der Waals surface area contributed by atoms with Crippen LogP contribution in [0.5, 0.6) is 5.75 Å². The van der Waals surface area contributed by atoms with Crippen molar-refractivity contribution in [2.45, 2.75) is 0 Å². The van der Waals surface area contributed by atoms with Crippen molar-refractivity contribution in [3.8, 4) is 28.3 Å². The molecule has 3 aromatic carbocycles.